The third-order valence-corrected chi connectivity index (χ3v) is 3.06. The van der Waals surface area contributed by atoms with Crippen molar-refractivity contribution in [1.82, 2.24) is 9.97 Å². The summed E-state index contributed by atoms with van der Waals surface area (Å²) in [4.78, 5) is 8.17. The highest BCUT2D eigenvalue weighted by Crippen LogP contribution is 2.16. The van der Waals surface area contributed by atoms with Crippen molar-refractivity contribution in [3.63, 3.8) is 0 Å². The summed E-state index contributed by atoms with van der Waals surface area (Å²) < 4.78 is 0. The Morgan fingerprint density at radius 3 is 1.80 bits per heavy atom. The lowest BCUT2D eigenvalue weighted by Crippen LogP contribution is -1.84. The molecule has 76 valence electrons. The van der Waals surface area contributed by atoms with E-state index in [2.05, 4.69) is 22.1 Å². The van der Waals surface area contributed by atoms with Crippen LogP contribution in [0.2, 0.25) is 0 Å². The first-order valence-electron chi connectivity index (χ1n) is 4.81. The van der Waals surface area contributed by atoms with Gasteiger partial charge in [0.1, 0.15) is 0 Å². The maximum absolute atomic E-state index is 4.08. The van der Waals surface area contributed by atoms with Crippen LogP contribution < -0.4 is 0 Å². The normalized spacial score (nSPS) is 10.1. The zero-order valence-electron chi connectivity index (χ0n) is 8.34. The van der Waals surface area contributed by atoms with Crippen molar-refractivity contribution in [2.24, 2.45) is 0 Å². The van der Waals surface area contributed by atoms with Gasteiger partial charge in [0.05, 0.1) is 0 Å². The molecule has 0 N–H and O–H groups in total. The van der Waals surface area contributed by atoms with Gasteiger partial charge in [-0.05, 0) is 23.3 Å². The Hall–Kier alpha value is -1.35. The Kier molecular flexibility index (Phi) is 3.74. The standard InChI is InChI=1S/C12H12N2S/c1-3-11(7-13-5-1)9-15-10-12-4-2-6-14-8-12/h1-8H,9-10H2. The molecule has 2 aromatic heterocycles. The van der Waals surface area contributed by atoms with Gasteiger partial charge in [-0.3, -0.25) is 9.97 Å². The van der Waals surface area contributed by atoms with Gasteiger partial charge in [-0.25, -0.2) is 0 Å². The van der Waals surface area contributed by atoms with Crippen LogP contribution in [0.1, 0.15) is 11.1 Å². The zero-order valence-corrected chi connectivity index (χ0v) is 9.15. The summed E-state index contributed by atoms with van der Waals surface area (Å²) in [6.45, 7) is 0. The largest absolute Gasteiger partial charge is 0.264 e. The quantitative estimate of drug-likeness (QED) is 0.786. The van der Waals surface area contributed by atoms with Gasteiger partial charge < -0.3 is 0 Å². The summed E-state index contributed by atoms with van der Waals surface area (Å²) in [7, 11) is 0. The fraction of sp³-hybridized carbons (Fsp3) is 0.167. The summed E-state index contributed by atoms with van der Waals surface area (Å²) in [5, 5.41) is 0. The molecule has 0 fully saturated rings. The van der Waals surface area contributed by atoms with Crippen molar-refractivity contribution in [3.05, 3.63) is 60.2 Å². The molecule has 0 radical (unpaired) electrons. The van der Waals surface area contributed by atoms with E-state index in [0.717, 1.165) is 11.5 Å². The Labute approximate surface area is 93.8 Å². The maximum atomic E-state index is 4.08. The highest BCUT2D eigenvalue weighted by Gasteiger charge is 1.94. The number of hydrogen-bond donors (Lipinski definition) is 0. The molecule has 0 aliphatic rings. The molecule has 0 saturated heterocycles. The molecular weight excluding hydrogens is 204 g/mol. The van der Waals surface area contributed by atoms with Crippen LogP contribution >= 0.6 is 11.8 Å². The number of pyridine rings is 2. The van der Waals surface area contributed by atoms with Crippen LogP contribution in [0, 0.1) is 0 Å². The van der Waals surface area contributed by atoms with Crippen LogP contribution in [0.15, 0.2) is 49.1 Å². The minimum absolute atomic E-state index is 1.00. The number of hydrogen-bond acceptors (Lipinski definition) is 3. The van der Waals surface area contributed by atoms with Crippen molar-refractivity contribution in [2.45, 2.75) is 11.5 Å². The molecule has 3 heteroatoms. The average molecular weight is 216 g/mol. The van der Waals surface area contributed by atoms with Gasteiger partial charge in [0.15, 0.2) is 0 Å². The van der Waals surface area contributed by atoms with Crippen LogP contribution in [-0.2, 0) is 11.5 Å². The van der Waals surface area contributed by atoms with Crippen molar-refractivity contribution >= 4 is 11.8 Å². The molecule has 0 amide bonds. The van der Waals surface area contributed by atoms with Crippen LogP contribution in [0.4, 0.5) is 0 Å². The van der Waals surface area contributed by atoms with Crippen LogP contribution in [0.5, 0.6) is 0 Å². The average Bonchev–Trinajstić information content (AvgIpc) is 2.32. The van der Waals surface area contributed by atoms with Crippen LogP contribution in [-0.4, -0.2) is 9.97 Å². The SMILES string of the molecule is c1cncc(CSCc2cccnc2)c1. The Morgan fingerprint density at radius 1 is 0.867 bits per heavy atom. The molecule has 0 aliphatic carbocycles. The van der Waals surface area contributed by atoms with E-state index in [1.54, 1.807) is 12.4 Å². The van der Waals surface area contributed by atoms with E-state index in [9.17, 15) is 0 Å². The lowest BCUT2D eigenvalue weighted by Gasteiger charge is -2.00. The van der Waals surface area contributed by atoms with E-state index < -0.39 is 0 Å². The van der Waals surface area contributed by atoms with Gasteiger partial charge in [0, 0.05) is 36.3 Å². The second-order valence-corrected chi connectivity index (χ2v) is 4.20. The first-order chi connectivity index (χ1) is 7.45. The van der Waals surface area contributed by atoms with Crippen molar-refractivity contribution in [1.29, 1.82) is 0 Å². The molecule has 2 heterocycles. The van der Waals surface area contributed by atoms with E-state index >= 15 is 0 Å². The van der Waals surface area contributed by atoms with E-state index in [0.29, 0.717) is 0 Å². The molecule has 0 saturated carbocycles. The molecule has 0 aromatic carbocycles. The van der Waals surface area contributed by atoms with Gasteiger partial charge >= 0.3 is 0 Å². The lowest BCUT2D eigenvalue weighted by atomic mass is 10.3. The van der Waals surface area contributed by atoms with Gasteiger partial charge in [0.25, 0.3) is 0 Å². The zero-order chi connectivity index (χ0) is 10.3. The number of nitrogens with zero attached hydrogens (tertiary/aromatic N) is 2. The minimum atomic E-state index is 1.00. The lowest BCUT2D eigenvalue weighted by molar-refractivity contribution is 1.23. The van der Waals surface area contributed by atoms with Gasteiger partial charge in [-0.15, -0.1) is 0 Å². The molecule has 0 spiro atoms. The Balaban J connectivity index is 1.81. The van der Waals surface area contributed by atoms with E-state index in [4.69, 9.17) is 0 Å². The third-order valence-electron chi connectivity index (χ3n) is 1.98. The van der Waals surface area contributed by atoms with Crippen molar-refractivity contribution in [3.8, 4) is 0 Å². The molecule has 0 atom stereocenters. The monoisotopic (exact) mass is 216 g/mol. The van der Waals surface area contributed by atoms with Crippen molar-refractivity contribution < 1.29 is 0 Å². The number of thioether (sulfide) groups is 1. The van der Waals surface area contributed by atoms with Gasteiger partial charge in [0.2, 0.25) is 0 Å². The van der Waals surface area contributed by atoms with Gasteiger partial charge in [-0.1, -0.05) is 12.1 Å². The summed E-state index contributed by atoms with van der Waals surface area (Å²) in [5.41, 5.74) is 2.54. The molecule has 2 aromatic rings. The fourth-order valence-electron chi connectivity index (χ4n) is 1.25. The van der Waals surface area contributed by atoms with Crippen molar-refractivity contribution in [2.75, 3.05) is 0 Å². The Bertz CT molecular complexity index is 349. The van der Waals surface area contributed by atoms with E-state index in [-0.39, 0.29) is 0 Å². The molecular formula is C12H12N2S. The maximum Gasteiger partial charge on any atom is 0.0308 e. The minimum Gasteiger partial charge on any atom is -0.264 e. The van der Waals surface area contributed by atoms with Gasteiger partial charge in [-0.2, -0.15) is 11.8 Å². The fourth-order valence-corrected chi connectivity index (χ4v) is 2.17. The molecule has 2 rings (SSSR count). The van der Waals surface area contributed by atoms with E-state index in [1.807, 2.05) is 36.3 Å². The molecule has 0 bridgehead atoms. The predicted molar refractivity (Wildman–Crippen MR) is 63.5 cm³/mol. The van der Waals surface area contributed by atoms with E-state index in [1.165, 1.54) is 11.1 Å². The first kappa shape index (κ1) is 10.2. The number of rotatable bonds is 4. The van der Waals surface area contributed by atoms with Crippen LogP contribution in [0.25, 0.3) is 0 Å². The highest BCUT2D eigenvalue weighted by molar-refractivity contribution is 7.97. The molecule has 0 aliphatic heterocycles. The molecule has 2 nitrogen and oxygen atoms in total. The molecule has 0 unspecified atom stereocenters. The number of aromatic nitrogens is 2. The summed E-state index contributed by atoms with van der Waals surface area (Å²) in [5.74, 6) is 2.01. The second kappa shape index (κ2) is 5.51. The highest BCUT2D eigenvalue weighted by atomic mass is 32.2. The first-order valence-corrected chi connectivity index (χ1v) is 5.96. The summed E-state index contributed by atoms with van der Waals surface area (Å²) in [6.07, 6.45) is 7.43. The Morgan fingerprint density at radius 2 is 1.40 bits per heavy atom. The topological polar surface area (TPSA) is 25.8 Å². The van der Waals surface area contributed by atoms with Crippen LogP contribution in [0.3, 0.4) is 0 Å². The predicted octanol–water partition coefficient (Wildman–Crippen LogP) is 2.91. The molecule has 15 heavy (non-hydrogen) atoms. The summed E-state index contributed by atoms with van der Waals surface area (Å²) in [6, 6.07) is 8.15. The summed E-state index contributed by atoms with van der Waals surface area (Å²) >= 11 is 1.88. The second-order valence-electron chi connectivity index (χ2n) is 3.22. The third kappa shape index (κ3) is 3.36. The smallest absolute Gasteiger partial charge is 0.0308 e.